The molecule has 34 heavy (non-hydrogen) atoms. The third-order valence-electron chi connectivity index (χ3n) is 6.59. The first kappa shape index (κ1) is 20.4. The molecule has 1 aliphatic heterocycles. The summed E-state index contributed by atoms with van der Waals surface area (Å²) in [5, 5.41) is 1.23. The van der Waals surface area contributed by atoms with Crippen LogP contribution in [0.1, 0.15) is 16.8 Å². The summed E-state index contributed by atoms with van der Waals surface area (Å²) in [4.78, 5) is 26.6. The Morgan fingerprint density at radius 3 is 2.47 bits per heavy atom. The van der Waals surface area contributed by atoms with E-state index in [1.165, 1.54) is 16.5 Å². The number of aromatic amines is 2. The summed E-state index contributed by atoms with van der Waals surface area (Å²) in [6.07, 6.45) is 0.683. The summed E-state index contributed by atoms with van der Waals surface area (Å²) in [7, 11) is 0. The highest BCUT2D eigenvalue weighted by Gasteiger charge is 2.24. The zero-order valence-electron chi connectivity index (χ0n) is 18.7. The Kier molecular flexibility index (Phi) is 5.00. The van der Waals surface area contributed by atoms with Crippen molar-refractivity contribution in [1.82, 2.24) is 19.9 Å². The first-order valence-electron chi connectivity index (χ1n) is 11.5. The van der Waals surface area contributed by atoms with Crippen LogP contribution < -0.4 is 11.3 Å². The Morgan fingerprint density at radius 2 is 1.65 bits per heavy atom. The van der Waals surface area contributed by atoms with Crippen molar-refractivity contribution in [2.45, 2.75) is 19.5 Å². The van der Waals surface area contributed by atoms with Gasteiger partial charge in [0.2, 0.25) is 0 Å². The van der Waals surface area contributed by atoms with Gasteiger partial charge >= 0.3 is 0 Å². The number of nitrogens with zero attached hydrogens (tertiary/aromatic N) is 2. The van der Waals surface area contributed by atoms with Gasteiger partial charge in [0.1, 0.15) is 5.82 Å². The average Bonchev–Trinajstić information content (AvgIpc) is 3.23. The number of hydrogen-bond acceptors (Lipinski definition) is 4. The van der Waals surface area contributed by atoms with Gasteiger partial charge in [-0.3, -0.25) is 9.69 Å². The van der Waals surface area contributed by atoms with Crippen molar-refractivity contribution in [3.05, 3.63) is 106 Å². The Morgan fingerprint density at radius 1 is 0.882 bits per heavy atom. The van der Waals surface area contributed by atoms with Crippen molar-refractivity contribution in [2.24, 2.45) is 0 Å². The molecule has 0 saturated heterocycles. The number of nitrogens with two attached hydrogens (primary N) is 1. The highest BCUT2D eigenvalue weighted by molar-refractivity contribution is 5.90. The molecule has 6 nitrogen and oxygen atoms in total. The molecule has 0 fully saturated rings. The predicted molar refractivity (Wildman–Crippen MR) is 136 cm³/mol. The lowest BCUT2D eigenvalue weighted by molar-refractivity contribution is 0.242. The van der Waals surface area contributed by atoms with Crippen molar-refractivity contribution >= 4 is 16.6 Å². The van der Waals surface area contributed by atoms with Gasteiger partial charge in [-0.15, -0.1) is 0 Å². The summed E-state index contributed by atoms with van der Waals surface area (Å²) in [6, 6.07) is 26.3. The van der Waals surface area contributed by atoms with Crippen LogP contribution in [0.25, 0.3) is 33.5 Å². The maximum absolute atomic E-state index is 12.8. The molecule has 1 aliphatic rings. The molecule has 168 valence electrons. The van der Waals surface area contributed by atoms with E-state index in [9.17, 15) is 4.79 Å². The van der Waals surface area contributed by atoms with Crippen LogP contribution in [0.3, 0.4) is 0 Å². The number of benzene rings is 3. The van der Waals surface area contributed by atoms with Crippen LogP contribution in [0.2, 0.25) is 0 Å². The Hall–Kier alpha value is -4.16. The number of para-hydroxylation sites is 1. The lowest BCUT2D eigenvalue weighted by atomic mass is 10.0. The van der Waals surface area contributed by atoms with Crippen LogP contribution in [0.4, 0.5) is 5.69 Å². The fraction of sp³-hybridized carbons (Fsp3) is 0.143. The Balaban J connectivity index is 1.35. The molecule has 4 N–H and O–H groups in total. The van der Waals surface area contributed by atoms with Crippen LogP contribution in [-0.4, -0.2) is 26.4 Å². The van der Waals surface area contributed by atoms with E-state index < -0.39 is 0 Å². The largest absolute Gasteiger partial charge is 0.399 e. The van der Waals surface area contributed by atoms with Crippen LogP contribution in [0.15, 0.2) is 83.7 Å². The molecule has 5 aromatic rings. The zero-order chi connectivity index (χ0) is 23.1. The standard InChI is InChI=1S/C28H25N5O/c29-20-12-10-19(11-13-20)27-31-25-17-33(15-14-22(25)28(34)32-27)16-23-21-8-4-5-9-24(21)30-26(23)18-6-2-1-3-7-18/h1-13,30H,14-17,29H2,(H,31,32,34). The van der Waals surface area contributed by atoms with Crippen molar-refractivity contribution in [3.8, 4) is 22.6 Å². The van der Waals surface area contributed by atoms with Gasteiger partial charge in [0, 0.05) is 47.4 Å². The molecular formula is C28H25N5O. The number of fused-ring (bicyclic) bond motifs is 2. The lowest BCUT2D eigenvalue weighted by Gasteiger charge is -2.28. The minimum absolute atomic E-state index is 0.0476. The van der Waals surface area contributed by atoms with Crippen molar-refractivity contribution in [1.29, 1.82) is 0 Å². The number of H-pyrrole nitrogens is 2. The number of nitrogens with one attached hydrogen (secondary N) is 2. The van der Waals surface area contributed by atoms with Crippen LogP contribution in [-0.2, 0) is 19.5 Å². The summed E-state index contributed by atoms with van der Waals surface area (Å²) >= 11 is 0. The van der Waals surface area contributed by atoms with Gasteiger partial charge in [-0.25, -0.2) is 4.98 Å². The SMILES string of the molecule is Nc1ccc(-c2nc3c(c(=O)[nH]2)CCN(Cc2c(-c4ccccc4)[nH]c4ccccc24)C3)cc1. The van der Waals surface area contributed by atoms with Crippen molar-refractivity contribution < 1.29 is 0 Å². The minimum Gasteiger partial charge on any atom is -0.399 e. The van der Waals surface area contributed by atoms with E-state index in [0.717, 1.165) is 41.1 Å². The smallest absolute Gasteiger partial charge is 0.254 e. The molecule has 0 bridgehead atoms. The molecule has 0 radical (unpaired) electrons. The van der Waals surface area contributed by atoms with E-state index in [0.29, 0.717) is 24.5 Å². The van der Waals surface area contributed by atoms with E-state index in [2.05, 4.69) is 63.4 Å². The molecule has 0 amide bonds. The molecule has 6 heteroatoms. The van der Waals surface area contributed by atoms with E-state index >= 15 is 0 Å². The molecule has 2 aromatic heterocycles. The second kappa shape index (κ2) is 8.32. The maximum Gasteiger partial charge on any atom is 0.254 e. The molecular weight excluding hydrogens is 422 g/mol. The Bertz CT molecular complexity index is 1530. The van der Waals surface area contributed by atoms with Gasteiger partial charge in [0.05, 0.1) is 11.4 Å². The number of nitrogen functional groups attached to an aromatic ring is 1. The molecule has 0 unspecified atom stereocenters. The Labute approximate surface area is 197 Å². The molecule has 6 rings (SSSR count). The number of anilines is 1. The fourth-order valence-corrected chi connectivity index (χ4v) is 4.85. The average molecular weight is 448 g/mol. The highest BCUT2D eigenvalue weighted by Crippen LogP contribution is 2.32. The third-order valence-corrected chi connectivity index (χ3v) is 6.59. The van der Waals surface area contributed by atoms with Gasteiger partial charge in [-0.05, 0) is 47.9 Å². The van der Waals surface area contributed by atoms with Gasteiger partial charge in [-0.2, -0.15) is 0 Å². The molecule has 0 saturated carbocycles. The summed E-state index contributed by atoms with van der Waals surface area (Å²) in [5.41, 5.74) is 13.7. The summed E-state index contributed by atoms with van der Waals surface area (Å²) in [6.45, 7) is 2.22. The molecule has 0 atom stereocenters. The van der Waals surface area contributed by atoms with Gasteiger partial charge < -0.3 is 15.7 Å². The lowest BCUT2D eigenvalue weighted by Crippen LogP contribution is -2.35. The van der Waals surface area contributed by atoms with Gasteiger partial charge in [0.15, 0.2) is 0 Å². The predicted octanol–water partition coefficient (Wildman–Crippen LogP) is 4.73. The zero-order valence-corrected chi connectivity index (χ0v) is 18.7. The highest BCUT2D eigenvalue weighted by atomic mass is 16.1. The maximum atomic E-state index is 12.8. The second-order valence-electron chi connectivity index (χ2n) is 8.81. The molecule has 3 aromatic carbocycles. The van der Waals surface area contributed by atoms with E-state index in [4.69, 9.17) is 10.7 Å². The van der Waals surface area contributed by atoms with Gasteiger partial charge in [-0.1, -0.05) is 48.5 Å². The van der Waals surface area contributed by atoms with E-state index in [-0.39, 0.29) is 5.56 Å². The van der Waals surface area contributed by atoms with Crippen molar-refractivity contribution in [2.75, 3.05) is 12.3 Å². The topological polar surface area (TPSA) is 90.8 Å². The van der Waals surface area contributed by atoms with Crippen LogP contribution in [0.5, 0.6) is 0 Å². The van der Waals surface area contributed by atoms with Gasteiger partial charge in [0.25, 0.3) is 5.56 Å². The minimum atomic E-state index is -0.0476. The normalized spacial score (nSPS) is 13.8. The first-order valence-corrected chi connectivity index (χ1v) is 11.5. The van der Waals surface area contributed by atoms with Crippen LogP contribution in [0, 0.1) is 0 Å². The summed E-state index contributed by atoms with van der Waals surface area (Å²) < 4.78 is 0. The first-order chi connectivity index (χ1) is 16.7. The molecule has 3 heterocycles. The quantitative estimate of drug-likeness (QED) is 0.348. The molecule has 0 aliphatic carbocycles. The van der Waals surface area contributed by atoms with Crippen LogP contribution >= 0.6 is 0 Å². The van der Waals surface area contributed by atoms with Crippen molar-refractivity contribution in [3.63, 3.8) is 0 Å². The fourth-order valence-electron chi connectivity index (χ4n) is 4.85. The monoisotopic (exact) mass is 447 g/mol. The van der Waals surface area contributed by atoms with E-state index in [1.54, 1.807) is 0 Å². The third kappa shape index (κ3) is 3.68. The molecule has 0 spiro atoms. The number of hydrogen-bond donors (Lipinski definition) is 3. The second-order valence-corrected chi connectivity index (χ2v) is 8.81. The summed E-state index contributed by atoms with van der Waals surface area (Å²) in [5.74, 6) is 0.586. The van der Waals surface area contributed by atoms with E-state index in [1.807, 2.05) is 30.3 Å². The number of aromatic nitrogens is 3. The number of rotatable bonds is 4.